The summed E-state index contributed by atoms with van der Waals surface area (Å²) in [7, 11) is 0. The predicted octanol–water partition coefficient (Wildman–Crippen LogP) is 16.9. The summed E-state index contributed by atoms with van der Waals surface area (Å²) >= 11 is 1.96. The molecule has 0 atom stereocenters. The Balaban J connectivity index is 1.22. The molecule has 2 aliphatic carbocycles. The van der Waals surface area contributed by atoms with Crippen LogP contribution in [-0.4, -0.2) is 11.4 Å². The Kier molecular flexibility index (Phi) is 8.10. The fourth-order valence-corrected chi connectivity index (χ4v) is 14.8. The van der Waals surface area contributed by atoms with Gasteiger partial charge in [0.05, 0.1) is 11.0 Å². The second kappa shape index (κ2) is 13.3. The van der Waals surface area contributed by atoms with Gasteiger partial charge in [0.25, 0.3) is 0 Å². The summed E-state index contributed by atoms with van der Waals surface area (Å²) in [5.74, 6) is 0. The van der Waals surface area contributed by atoms with Gasteiger partial charge in [0, 0.05) is 64.4 Å². The molecule has 0 bridgehead atoms. The second-order valence-corrected chi connectivity index (χ2v) is 26.5. The van der Waals surface area contributed by atoms with Crippen molar-refractivity contribution < 1.29 is 0 Å². The monoisotopic (exact) mass is 924 g/mol. The fourth-order valence-electron chi connectivity index (χ4n) is 13.7. The lowest BCUT2D eigenvalue weighted by Gasteiger charge is -2.43. The number of benzene rings is 8. The van der Waals surface area contributed by atoms with Crippen LogP contribution in [0.2, 0.25) is 0 Å². The third kappa shape index (κ3) is 5.36. The molecule has 2 aliphatic heterocycles. The van der Waals surface area contributed by atoms with Crippen LogP contribution in [0.25, 0.3) is 81.0 Å². The number of rotatable bonds is 1. The van der Waals surface area contributed by atoms with Crippen LogP contribution in [0.3, 0.4) is 0 Å². The van der Waals surface area contributed by atoms with E-state index in [-0.39, 0.29) is 33.9 Å². The van der Waals surface area contributed by atoms with Gasteiger partial charge in [-0.15, -0.1) is 11.3 Å². The largest absolute Gasteiger partial charge is 0.376 e. The molecule has 0 unspecified atom stereocenters. The zero-order chi connectivity index (χ0) is 48.5. The molecule has 0 amide bonds. The molecule has 0 saturated heterocycles. The Morgan fingerprint density at radius 3 is 1.79 bits per heavy atom. The SMILES string of the molecule is CC(C)(C)c1ccc(N2B3c4cc5c(cc4-n4c6ccc(C(C)(C)C)cc6c6c7c(c(c3c64)-c3cc4c(cc32)sc2cc(C(C)(C)C)ccc24)-c2ccccc2C7(C)C)-c2ccccc2C5(C)C)cc1. The number of fused-ring (bicyclic) bond motifs is 19. The van der Waals surface area contributed by atoms with Gasteiger partial charge in [-0.25, -0.2) is 0 Å². The number of hydrogen-bond acceptors (Lipinski definition) is 2. The highest BCUT2D eigenvalue weighted by Gasteiger charge is 2.51. The van der Waals surface area contributed by atoms with Crippen LogP contribution in [0.4, 0.5) is 11.4 Å². The summed E-state index contributed by atoms with van der Waals surface area (Å²) in [6.07, 6.45) is 0. The number of aromatic nitrogens is 1. The Morgan fingerprint density at radius 2 is 1.09 bits per heavy atom. The Labute approximate surface area is 418 Å². The molecule has 4 aliphatic rings. The van der Waals surface area contributed by atoms with Crippen molar-refractivity contribution >= 4 is 82.5 Å². The van der Waals surface area contributed by atoms with Crippen molar-refractivity contribution in [3.8, 4) is 39.1 Å². The lowest BCUT2D eigenvalue weighted by atomic mass is 9.43. The smallest absolute Gasteiger partial charge is 0.333 e. The van der Waals surface area contributed by atoms with E-state index in [9.17, 15) is 0 Å². The zero-order valence-corrected chi connectivity index (χ0v) is 43.9. The lowest BCUT2D eigenvalue weighted by molar-refractivity contribution is 0.590. The normalized spacial score (nSPS) is 16.0. The zero-order valence-electron chi connectivity index (χ0n) is 43.1. The fraction of sp³-hybridized carbons (Fsp3) is 0.273. The van der Waals surface area contributed by atoms with Crippen LogP contribution in [-0.2, 0) is 27.1 Å². The average Bonchev–Trinajstić information content (AvgIpc) is 3.99. The molecule has 2 aromatic heterocycles. The van der Waals surface area contributed by atoms with Crippen molar-refractivity contribution in [1.82, 2.24) is 4.57 Å². The van der Waals surface area contributed by atoms with Crippen molar-refractivity contribution in [2.45, 2.75) is 117 Å². The minimum absolute atomic E-state index is 0.0213. The van der Waals surface area contributed by atoms with Crippen LogP contribution >= 0.6 is 11.3 Å². The van der Waals surface area contributed by atoms with Crippen molar-refractivity contribution in [2.24, 2.45) is 0 Å². The molecule has 2 nitrogen and oxygen atoms in total. The first-order chi connectivity index (χ1) is 33.1. The summed E-state index contributed by atoms with van der Waals surface area (Å²) in [5, 5.41) is 5.46. The molecule has 0 spiro atoms. The van der Waals surface area contributed by atoms with Gasteiger partial charge in [0.2, 0.25) is 0 Å². The molecule has 14 rings (SSSR count). The third-order valence-electron chi connectivity index (χ3n) is 17.4. The summed E-state index contributed by atoms with van der Waals surface area (Å²) in [6.45, 7) is 30.9. The van der Waals surface area contributed by atoms with E-state index < -0.39 is 0 Å². The topological polar surface area (TPSA) is 8.17 Å². The van der Waals surface area contributed by atoms with Crippen LogP contribution < -0.4 is 15.7 Å². The summed E-state index contributed by atoms with van der Waals surface area (Å²) in [5.41, 5.74) is 26.9. The molecule has 0 saturated carbocycles. The first kappa shape index (κ1) is 42.5. The Hall–Kier alpha value is -6.36. The average molecular weight is 925 g/mol. The van der Waals surface area contributed by atoms with Crippen molar-refractivity contribution in [3.63, 3.8) is 0 Å². The van der Waals surface area contributed by atoms with Gasteiger partial charge in [-0.1, -0.05) is 175 Å². The molecular weight excluding hydrogens is 864 g/mol. The van der Waals surface area contributed by atoms with Gasteiger partial charge >= 0.3 is 6.85 Å². The molecule has 4 heteroatoms. The number of thiophene rings is 1. The Morgan fingerprint density at radius 1 is 0.471 bits per heavy atom. The summed E-state index contributed by atoms with van der Waals surface area (Å²) in [6, 6.07) is 53.3. The number of nitrogens with zero attached hydrogens (tertiary/aromatic N) is 2. The third-order valence-corrected chi connectivity index (χ3v) is 18.5. The summed E-state index contributed by atoms with van der Waals surface area (Å²) < 4.78 is 5.42. The highest BCUT2D eigenvalue weighted by molar-refractivity contribution is 7.25. The van der Waals surface area contributed by atoms with Crippen molar-refractivity contribution in [3.05, 3.63) is 172 Å². The van der Waals surface area contributed by atoms with E-state index in [0.717, 1.165) is 0 Å². The highest BCUT2D eigenvalue weighted by atomic mass is 32.1. The first-order valence-corrected chi connectivity index (χ1v) is 26.4. The van der Waals surface area contributed by atoms with Crippen molar-refractivity contribution in [2.75, 3.05) is 4.81 Å². The van der Waals surface area contributed by atoms with Crippen LogP contribution in [0, 0.1) is 0 Å². The first-order valence-electron chi connectivity index (χ1n) is 25.6. The standard InChI is InChI=1S/C66H61BN2S/c1-62(2,3)36-22-26-39(27-23-36)69-52-35-55-44(41-28-24-38(64(7,8)9)31-54(41)70-55)32-46(52)57-56-42-19-15-17-21-48(42)66(12,13)59(56)58-45-30-37(63(4,5)6)25-29-51(45)68-53-33-43-40-18-14-16-20-47(40)65(10,11)49(43)34-50(53)67(69)60(57)61(58)68/h14-35H,1-13H3. The van der Waals surface area contributed by atoms with Crippen LogP contribution in [0.5, 0.6) is 0 Å². The van der Waals surface area contributed by atoms with E-state index >= 15 is 0 Å². The maximum Gasteiger partial charge on any atom is 0.333 e. The predicted molar refractivity (Wildman–Crippen MR) is 304 cm³/mol. The number of anilines is 2. The van der Waals surface area contributed by atoms with E-state index in [0.29, 0.717) is 0 Å². The minimum atomic E-state index is -0.253. The molecular formula is C66H61BN2S. The van der Waals surface area contributed by atoms with E-state index in [1.165, 1.54) is 142 Å². The second-order valence-electron chi connectivity index (χ2n) is 25.4. The molecule has 10 aromatic rings. The number of hydrogen-bond donors (Lipinski definition) is 0. The quantitative estimate of drug-likeness (QED) is 0.149. The van der Waals surface area contributed by atoms with Gasteiger partial charge < -0.3 is 9.38 Å². The molecule has 344 valence electrons. The van der Waals surface area contributed by atoms with Crippen LogP contribution in [0.15, 0.2) is 133 Å². The lowest BCUT2D eigenvalue weighted by Crippen LogP contribution is -2.61. The molecule has 0 N–H and O–H groups in total. The highest BCUT2D eigenvalue weighted by Crippen LogP contribution is 2.60. The van der Waals surface area contributed by atoms with E-state index in [1.807, 2.05) is 11.3 Å². The van der Waals surface area contributed by atoms with Crippen molar-refractivity contribution in [1.29, 1.82) is 0 Å². The molecule has 0 fully saturated rings. The van der Waals surface area contributed by atoms with E-state index in [1.54, 1.807) is 0 Å². The van der Waals surface area contributed by atoms with Crippen LogP contribution in [0.1, 0.15) is 129 Å². The minimum Gasteiger partial charge on any atom is -0.376 e. The van der Waals surface area contributed by atoms with E-state index in [4.69, 9.17) is 0 Å². The summed E-state index contributed by atoms with van der Waals surface area (Å²) in [4.78, 5) is 2.77. The molecule has 8 aromatic carbocycles. The van der Waals surface area contributed by atoms with Gasteiger partial charge in [-0.2, -0.15) is 0 Å². The van der Waals surface area contributed by atoms with Gasteiger partial charge in [0.15, 0.2) is 0 Å². The van der Waals surface area contributed by atoms with Gasteiger partial charge in [-0.3, -0.25) is 0 Å². The Bertz CT molecular complexity index is 4000. The van der Waals surface area contributed by atoms with Gasteiger partial charge in [-0.05, 0) is 142 Å². The molecule has 4 heterocycles. The maximum atomic E-state index is 2.77. The van der Waals surface area contributed by atoms with Gasteiger partial charge in [0.1, 0.15) is 0 Å². The maximum absolute atomic E-state index is 2.77. The molecule has 70 heavy (non-hydrogen) atoms. The van der Waals surface area contributed by atoms with E-state index in [2.05, 4.69) is 233 Å². The molecule has 0 radical (unpaired) electrons.